The number of pyridine rings is 1. The zero-order valence-electron chi connectivity index (χ0n) is 8.35. The Balaban J connectivity index is 2.10. The van der Waals surface area contributed by atoms with E-state index < -0.39 is 5.97 Å². The van der Waals surface area contributed by atoms with Gasteiger partial charge in [-0.1, -0.05) is 11.6 Å². The molecule has 2 N–H and O–H groups in total. The molecule has 0 aliphatic heterocycles. The van der Waals surface area contributed by atoms with Gasteiger partial charge >= 0.3 is 5.97 Å². The van der Waals surface area contributed by atoms with Crippen LogP contribution in [0.25, 0.3) is 5.65 Å². The highest BCUT2D eigenvalue weighted by molar-refractivity contribution is 6.30. The molecule has 0 aliphatic carbocycles. The van der Waals surface area contributed by atoms with Crippen LogP contribution >= 0.6 is 11.6 Å². The fourth-order valence-electron chi connectivity index (χ4n) is 1.40. The van der Waals surface area contributed by atoms with Crippen molar-refractivity contribution in [1.29, 1.82) is 0 Å². The zero-order valence-corrected chi connectivity index (χ0v) is 9.11. The predicted octanol–water partition coefficient (Wildman–Crippen LogP) is 1.16. The summed E-state index contributed by atoms with van der Waals surface area (Å²) in [6.45, 7) is 0.347. The van der Waals surface area contributed by atoms with Gasteiger partial charge in [-0.3, -0.25) is 4.79 Å². The van der Waals surface area contributed by atoms with Crippen LogP contribution in [0, 0.1) is 0 Å². The van der Waals surface area contributed by atoms with E-state index in [0.29, 0.717) is 11.6 Å². The largest absolute Gasteiger partial charge is 0.480 e. The lowest BCUT2D eigenvalue weighted by Crippen LogP contribution is -2.21. The number of nitrogens with one attached hydrogen (secondary N) is 1. The van der Waals surface area contributed by atoms with Gasteiger partial charge in [-0.25, -0.2) is 4.98 Å². The molecule has 0 unspecified atom stereocenters. The summed E-state index contributed by atoms with van der Waals surface area (Å²) in [5.74, 6) is -0.883. The molecule has 0 bridgehead atoms. The minimum atomic E-state index is -0.883. The third-order valence-corrected chi connectivity index (χ3v) is 2.27. The third kappa shape index (κ3) is 2.50. The first-order valence-corrected chi connectivity index (χ1v) is 5.08. The molecular formula is C10H10ClN3O2. The monoisotopic (exact) mass is 239 g/mol. The Morgan fingerprint density at radius 1 is 1.50 bits per heavy atom. The first-order chi connectivity index (χ1) is 7.65. The van der Waals surface area contributed by atoms with Crippen LogP contribution in [0.15, 0.2) is 24.5 Å². The first-order valence-electron chi connectivity index (χ1n) is 4.71. The van der Waals surface area contributed by atoms with Crippen molar-refractivity contribution in [3.05, 3.63) is 35.2 Å². The highest BCUT2D eigenvalue weighted by atomic mass is 35.5. The van der Waals surface area contributed by atoms with Gasteiger partial charge in [-0.05, 0) is 12.1 Å². The van der Waals surface area contributed by atoms with Gasteiger partial charge in [0, 0.05) is 18.9 Å². The molecule has 2 aromatic rings. The number of halogens is 1. The molecule has 84 valence electrons. The average Bonchev–Trinajstić information content (AvgIpc) is 2.58. The number of hydrogen-bond acceptors (Lipinski definition) is 3. The molecule has 0 aliphatic rings. The van der Waals surface area contributed by atoms with E-state index in [1.807, 2.05) is 12.3 Å². The lowest BCUT2D eigenvalue weighted by Gasteiger charge is -1.96. The summed E-state index contributed by atoms with van der Waals surface area (Å²) in [5, 5.41) is 11.9. The highest BCUT2D eigenvalue weighted by Crippen LogP contribution is 2.11. The molecule has 0 saturated carbocycles. The minimum absolute atomic E-state index is 0.0748. The van der Waals surface area contributed by atoms with Crippen molar-refractivity contribution in [3.8, 4) is 0 Å². The van der Waals surface area contributed by atoms with E-state index in [1.165, 1.54) is 0 Å². The fraction of sp³-hybridized carbons (Fsp3) is 0.200. The number of fused-ring (bicyclic) bond motifs is 1. The van der Waals surface area contributed by atoms with Crippen LogP contribution in [0.4, 0.5) is 0 Å². The maximum atomic E-state index is 10.3. The zero-order chi connectivity index (χ0) is 11.5. The number of carboxylic acids is 1. The summed E-state index contributed by atoms with van der Waals surface area (Å²) >= 11 is 5.83. The Morgan fingerprint density at radius 3 is 3.06 bits per heavy atom. The van der Waals surface area contributed by atoms with Crippen molar-refractivity contribution in [2.45, 2.75) is 6.54 Å². The maximum absolute atomic E-state index is 10.3. The second-order valence-corrected chi connectivity index (χ2v) is 3.78. The number of hydrogen-bond donors (Lipinski definition) is 2. The van der Waals surface area contributed by atoms with E-state index in [2.05, 4.69) is 10.3 Å². The van der Waals surface area contributed by atoms with Crippen LogP contribution in [0.1, 0.15) is 5.69 Å². The van der Waals surface area contributed by atoms with Crippen molar-refractivity contribution in [2.75, 3.05) is 6.54 Å². The molecule has 16 heavy (non-hydrogen) atoms. The molecule has 0 aromatic carbocycles. The van der Waals surface area contributed by atoms with Gasteiger partial charge in [0.1, 0.15) is 5.65 Å². The number of aliphatic carboxylic acids is 1. The maximum Gasteiger partial charge on any atom is 0.317 e. The second kappa shape index (κ2) is 4.51. The molecule has 2 aromatic heterocycles. The molecular weight excluding hydrogens is 230 g/mol. The third-order valence-electron chi connectivity index (χ3n) is 2.05. The van der Waals surface area contributed by atoms with Crippen molar-refractivity contribution >= 4 is 23.2 Å². The summed E-state index contributed by atoms with van der Waals surface area (Å²) in [7, 11) is 0. The molecule has 0 atom stereocenters. The average molecular weight is 240 g/mol. The molecule has 0 radical (unpaired) electrons. The predicted molar refractivity (Wildman–Crippen MR) is 59.5 cm³/mol. The van der Waals surface area contributed by atoms with E-state index >= 15 is 0 Å². The number of carboxylic acid groups (broad SMARTS) is 1. The summed E-state index contributed by atoms with van der Waals surface area (Å²) in [4.78, 5) is 14.6. The first kappa shape index (κ1) is 10.9. The van der Waals surface area contributed by atoms with E-state index in [4.69, 9.17) is 16.7 Å². The van der Waals surface area contributed by atoms with Crippen LogP contribution in [-0.2, 0) is 11.3 Å². The number of carbonyl (C=O) groups is 1. The van der Waals surface area contributed by atoms with Crippen molar-refractivity contribution in [1.82, 2.24) is 14.7 Å². The van der Waals surface area contributed by atoms with Crippen LogP contribution in [0.2, 0.25) is 5.02 Å². The Labute approximate surface area is 96.7 Å². The number of imidazole rings is 1. The van der Waals surface area contributed by atoms with Crippen molar-refractivity contribution in [2.24, 2.45) is 0 Å². The summed E-state index contributed by atoms with van der Waals surface area (Å²) < 4.78 is 1.81. The van der Waals surface area contributed by atoms with Gasteiger partial charge in [-0.15, -0.1) is 0 Å². The smallest absolute Gasteiger partial charge is 0.317 e. The van der Waals surface area contributed by atoms with Crippen LogP contribution in [0.5, 0.6) is 0 Å². The summed E-state index contributed by atoms with van der Waals surface area (Å²) in [6.07, 6.45) is 3.57. The molecule has 5 nitrogen and oxygen atoms in total. The van der Waals surface area contributed by atoms with Crippen LogP contribution in [-0.4, -0.2) is 27.0 Å². The van der Waals surface area contributed by atoms with E-state index in [9.17, 15) is 4.79 Å². The quantitative estimate of drug-likeness (QED) is 0.840. The normalized spacial score (nSPS) is 10.8. The Kier molecular flexibility index (Phi) is 3.07. The lowest BCUT2D eigenvalue weighted by atomic mass is 10.4. The lowest BCUT2D eigenvalue weighted by molar-refractivity contribution is -0.135. The molecule has 0 saturated heterocycles. The molecule has 2 rings (SSSR count). The van der Waals surface area contributed by atoms with Crippen molar-refractivity contribution < 1.29 is 9.90 Å². The van der Waals surface area contributed by atoms with Crippen LogP contribution in [0.3, 0.4) is 0 Å². The van der Waals surface area contributed by atoms with Gasteiger partial charge in [-0.2, -0.15) is 0 Å². The van der Waals surface area contributed by atoms with Crippen LogP contribution < -0.4 is 5.32 Å². The van der Waals surface area contributed by atoms with Gasteiger partial charge in [0.25, 0.3) is 0 Å². The molecule has 0 fully saturated rings. The Bertz CT molecular complexity index is 524. The molecule has 6 heteroatoms. The van der Waals surface area contributed by atoms with E-state index in [0.717, 1.165) is 11.3 Å². The standard InChI is InChI=1S/C10H10ClN3O2/c11-7-1-2-9-13-8(6-14(9)5-7)3-12-4-10(15)16/h1-2,5-6,12H,3-4H2,(H,15,16). The van der Waals surface area contributed by atoms with E-state index in [1.54, 1.807) is 16.7 Å². The highest BCUT2D eigenvalue weighted by Gasteiger charge is 2.02. The number of nitrogens with zero attached hydrogens (tertiary/aromatic N) is 2. The summed E-state index contributed by atoms with van der Waals surface area (Å²) in [5.41, 5.74) is 1.57. The fourth-order valence-corrected chi connectivity index (χ4v) is 1.57. The van der Waals surface area contributed by atoms with Crippen molar-refractivity contribution in [3.63, 3.8) is 0 Å². The topological polar surface area (TPSA) is 66.6 Å². The van der Waals surface area contributed by atoms with Gasteiger partial charge in [0.2, 0.25) is 0 Å². The summed E-state index contributed by atoms with van der Waals surface area (Å²) in [6, 6.07) is 3.57. The Hall–Kier alpha value is -1.59. The van der Waals surface area contributed by atoms with Gasteiger partial charge in [0.05, 0.1) is 17.3 Å². The van der Waals surface area contributed by atoms with E-state index in [-0.39, 0.29) is 6.54 Å². The number of aromatic nitrogens is 2. The SMILES string of the molecule is O=C(O)CNCc1cn2cc(Cl)ccc2n1. The molecule has 2 heterocycles. The van der Waals surface area contributed by atoms with Gasteiger partial charge < -0.3 is 14.8 Å². The molecule has 0 spiro atoms. The number of rotatable bonds is 4. The Morgan fingerprint density at radius 2 is 2.31 bits per heavy atom. The van der Waals surface area contributed by atoms with Gasteiger partial charge in [0.15, 0.2) is 0 Å². The minimum Gasteiger partial charge on any atom is -0.480 e. The second-order valence-electron chi connectivity index (χ2n) is 3.34. The molecule has 0 amide bonds.